The van der Waals surface area contributed by atoms with Gasteiger partial charge in [0, 0.05) is 28.7 Å². The van der Waals surface area contributed by atoms with Gasteiger partial charge in [-0.1, -0.05) is 48.5 Å². The minimum atomic E-state index is -4.69. The number of nitrogens with zero attached hydrogens (tertiary/aromatic N) is 4. The fraction of sp³-hybridized carbons (Fsp3) is 0. The van der Waals surface area contributed by atoms with Gasteiger partial charge in [0.1, 0.15) is 32.5 Å². The van der Waals surface area contributed by atoms with Gasteiger partial charge < -0.3 is 11.5 Å². The maximum Gasteiger partial charge on any atom is 0.296 e. The van der Waals surface area contributed by atoms with Gasteiger partial charge in [0.2, 0.25) is 0 Å². The van der Waals surface area contributed by atoms with Crippen molar-refractivity contribution in [1.82, 2.24) is 0 Å². The summed E-state index contributed by atoms with van der Waals surface area (Å²) in [4.78, 5) is -0.962. The highest BCUT2D eigenvalue weighted by Crippen LogP contribution is 2.45. The lowest BCUT2D eigenvalue weighted by Gasteiger charge is -2.12. The zero-order valence-electron chi connectivity index (χ0n) is 24.9. The Balaban J connectivity index is 1.36. The highest BCUT2D eigenvalue weighted by molar-refractivity contribution is 9.11. The Kier molecular flexibility index (Phi) is 10.0. The lowest BCUT2D eigenvalue weighted by Crippen LogP contribution is -2.01. The van der Waals surface area contributed by atoms with Crippen molar-refractivity contribution in [1.29, 1.82) is 0 Å². The van der Waals surface area contributed by atoms with Gasteiger partial charge in [-0.15, -0.1) is 20.5 Å². The lowest BCUT2D eigenvalue weighted by atomic mass is 10.1. The third-order valence-corrected chi connectivity index (χ3v) is 11.6. The van der Waals surface area contributed by atoms with E-state index in [-0.39, 0.29) is 22.7 Å². The summed E-state index contributed by atoms with van der Waals surface area (Å²) in [7, 11) is -9.38. The minimum absolute atomic E-state index is 0.0350. The average Bonchev–Trinajstić information content (AvgIpc) is 3.04. The van der Waals surface area contributed by atoms with Crippen LogP contribution in [0.1, 0.15) is 0 Å². The van der Waals surface area contributed by atoms with Gasteiger partial charge in [-0.05, 0) is 122 Å². The summed E-state index contributed by atoms with van der Waals surface area (Å²) in [5.74, 6) is 0. The molecule has 254 valence electrons. The summed E-state index contributed by atoms with van der Waals surface area (Å²) >= 11 is 14.1. The molecule has 0 aliphatic rings. The normalized spacial score (nSPS) is 12.5. The topological polar surface area (TPSA) is 210 Å². The summed E-state index contributed by atoms with van der Waals surface area (Å²) in [6.07, 6.45) is 0. The molecule has 6 N–H and O–H groups in total. The van der Waals surface area contributed by atoms with Gasteiger partial charge in [-0.3, -0.25) is 9.11 Å². The number of hydrogen-bond acceptors (Lipinski definition) is 10. The fourth-order valence-corrected chi connectivity index (χ4v) is 9.16. The van der Waals surface area contributed by atoms with E-state index < -0.39 is 30.0 Å². The van der Waals surface area contributed by atoms with Crippen molar-refractivity contribution in [3.05, 3.63) is 103 Å². The Hall–Kier alpha value is -3.62. The van der Waals surface area contributed by atoms with Crippen LogP contribution in [0.2, 0.25) is 0 Å². The van der Waals surface area contributed by atoms with E-state index in [4.69, 9.17) is 11.5 Å². The third-order valence-electron chi connectivity index (χ3n) is 7.48. The molecule has 0 aliphatic heterocycles. The number of fused-ring (bicyclic) bond motifs is 2. The monoisotopic (exact) mass is 964 g/mol. The van der Waals surface area contributed by atoms with Crippen LogP contribution in [0.3, 0.4) is 0 Å². The first-order valence-electron chi connectivity index (χ1n) is 13.9. The SMILES string of the molecule is Nc1c(/N=N/c2c(Br)cc(-c3cc(Br)c(/N=N/c4c(S(=O)(=O)O)cc5ccccc5c4N)c(Br)c3)cc2Br)c(S(=O)(=O)O)cc2ccccc12. The Morgan fingerprint density at radius 1 is 0.480 bits per heavy atom. The van der Waals surface area contributed by atoms with Crippen molar-refractivity contribution >= 4 is 140 Å². The highest BCUT2D eigenvalue weighted by Gasteiger charge is 2.23. The molecule has 0 spiro atoms. The van der Waals surface area contributed by atoms with Crippen LogP contribution in [0.5, 0.6) is 0 Å². The molecule has 6 aromatic rings. The summed E-state index contributed by atoms with van der Waals surface area (Å²) in [6, 6.07) is 23.3. The van der Waals surface area contributed by atoms with Crippen LogP contribution in [0, 0.1) is 0 Å². The molecule has 0 bridgehead atoms. The second-order valence-electron chi connectivity index (χ2n) is 10.6. The van der Waals surface area contributed by atoms with E-state index in [9.17, 15) is 25.9 Å². The smallest absolute Gasteiger partial charge is 0.296 e. The largest absolute Gasteiger partial charge is 0.396 e. The molecule has 0 heterocycles. The maximum absolute atomic E-state index is 12.2. The summed E-state index contributed by atoms with van der Waals surface area (Å²) < 4.78 is 70.7. The number of nitrogens with two attached hydrogens (primary N) is 2. The Morgan fingerprint density at radius 2 is 0.780 bits per heavy atom. The number of nitrogen functional groups attached to an aromatic ring is 2. The zero-order valence-corrected chi connectivity index (χ0v) is 32.9. The molecule has 18 heteroatoms. The molecular formula is C32H20Br4N6O6S2. The van der Waals surface area contributed by atoms with Crippen LogP contribution < -0.4 is 11.5 Å². The van der Waals surface area contributed by atoms with Crippen molar-refractivity contribution in [3.63, 3.8) is 0 Å². The predicted molar refractivity (Wildman–Crippen MR) is 207 cm³/mol. The Labute approximate surface area is 318 Å². The van der Waals surface area contributed by atoms with Crippen LogP contribution in [0.4, 0.5) is 34.1 Å². The highest BCUT2D eigenvalue weighted by atomic mass is 79.9. The molecule has 0 unspecified atom stereocenters. The van der Waals surface area contributed by atoms with Crippen molar-refractivity contribution in [2.45, 2.75) is 9.79 Å². The third kappa shape index (κ3) is 7.11. The molecular weight excluding hydrogens is 948 g/mol. The van der Waals surface area contributed by atoms with Crippen LogP contribution in [0.15, 0.2) is 133 Å². The summed E-state index contributed by atoms with van der Waals surface area (Å²) in [5.41, 5.74) is 14.3. The van der Waals surface area contributed by atoms with Gasteiger partial charge in [-0.25, -0.2) is 0 Å². The lowest BCUT2D eigenvalue weighted by molar-refractivity contribution is 0.481. The first kappa shape index (κ1) is 36.2. The number of anilines is 2. The van der Waals surface area contributed by atoms with Crippen molar-refractivity contribution in [3.8, 4) is 11.1 Å². The van der Waals surface area contributed by atoms with Gasteiger partial charge in [0.25, 0.3) is 20.2 Å². The van der Waals surface area contributed by atoms with Gasteiger partial charge in [0.15, 0.2) is 0 Å². The van der Waals surface area contributed by atoms with Gasteiger partial charge in [-0.2, -0.15) is 16.8 Å². The van der Waals surface area contributed by atoms with E-state index in [2.05, 4.69) is 84.2 Å². The second-order valence-corrected chi connectivity index (χ2v) is 16.8. The summed E-state index contributed by atoms with van der Waals surface area (Å²) in [5, 5.41) is 18.9. The average molecular weight is 968 g/mol. The molecule has 12 nitrogen and oxygen atoms in total. The van der Waals surface area contributed by atoms with Crippen LogP contribution >= 0.6 is 63.7 Å². The molecule has 0 radical (unpaired) electrons. The van der Waals surface area contributed by atoms with E-state index in [1.807, 2.05) is 0 Å². The molecule has 0 saturated carbocycles. The molecule has 0 amide bonds. The fourth-order valence-electron chi connectivity index (χ4n) is 5.13. The quantitative estimate of drug-likeness (QED) is 0.0685. The predicted octanol–water partition coefficient (Wildman–Crippen LogP) is 11.2. The number of azo groups is 2. The van der Waals surface area contributed by atoms with Gasteiger partial charge in [0.05, 0.1) is 11.4 Å². The molecule has 50 heavy (non-hydrogen) atoms. The molecule has 0 fully saturated rings. The van der Waals surface area contributed by atoms with E-state index in [0.29, 0.717) is 61.9 Å². The number of rotatable bonds is 7. The van der Waals surface area contributed by atoms with Crippen LogP contribution in [-0.2, 0) is 20.2 Å². The molecule has 6 rings (SSSR count). The van der Waals surface area contributed by atoms with E-state index in [1.54, 1.807) is 72.8 Å². The Morgan fingerprint density at radius 3 is 1.10 bits per heavy atom. The number of benzene rings is 6. The van der Waals surface area contributed by atoms with E-state index >= 15 is 0 Å². The second kappa shape index (κ2) is 13.8. The molecule has 0 aromatic heterocycles. The first-order chi connectivity index (χ1) is 23.5. The van der Waals surface area contributed by atoms with Crippen molar-refractivity contribution in [2.75, 3.05) is 11.5 Å². The first-order valence-corrected chi connectivity index (χ1v) is 20.0. The van der Waals surface area contributed by atoms with Crippen molar-refractivity contribution in [2.24, 2.45) is 20.5 Å². The number of halogens is 4. The van der Waals surface area contributed by atoms with Crippen LogP contribution in [0.25, 0.3) is 32.7 Å². The zero-order chi connectivity index (χ0) is 36.1. The molecule has 0 atom stereocenters. The molecule has 6 aromatic carbocycles. The van der Waals surface area contributed by atoms with Crippen molar-refractivity contribution < 1.29 is 25.9 Å². The number of hydrogen-bond donors (Lipinski definition) is 4. The molecule has 0 aliphatic carbocycles. The molecule has 0 saturated heterocycles. The van der Waals surface area contributed by atoms with Gasteiger partial charge >= 0.3 is 0 Å². The van der Waals surface area contributed by atoms with Crippen LogP contribution in [-0.4, -0.2) is 25.9 Å². The standard InChI is InChI=1S/C32H20Br4N6O6S2/c33-21-9-17(10-22(34)29(21)39-41-31-25(49(43,44)45)13-15-5-1-3-7-19(15)27(31)37)18-11-23(35)30(24(36)12-18)40-42-32-26(50(46,47)48)14-16-6-2-4-8-20(16)28(32)38/h1-14H,37-38H2,(H,43,44,45)(H,46,47,48)/b41-39+,42-40+. The van der Waals surface area contributed by atoms with E-state index in [0.717, 1.165) is 0 Å². The summed E-state index contributed by atoms with van der Waals surface area (Å²) in [6.45, 7) is 0. The maximum atomic E-state index is 12.2. The Bertz CT molecular complexity index is 2460. The van der Waals surface area contributed by atoms with E-state index in [1.165, 1.54) is 12.1 Å². The minimum Gasteiger partial charge on any atom is -0.396 e.